The van der Waals surface area contributed by atoms with Gasteiger partial charge in [0.2, 0.25) is 0 Å². The molecule has 2 rings (SSSR count). The molecule has 0 aliphatic rings. The van der Waals surface area contributed by atoms with Crippen molar-refractivity contribution in [3.63, 3.8) is 0 Å². The molecule has 0 aliphatic heterocycles. The van der Waals surface area contributed by atoms with Gasteiger partial charge in [0.15, 0.2) is 0 Å². The quantitative estimate of drug-likeness (QED) is 0.658. The fraction of sp³-hybridized carbons (Fsp3) is 0.0909. The van der Waals surface area contributed by atoms with Crippen LogP contribution in [-0.4, -0.2) is 17.0 Å². The van der Waals surface area contributed by atoms with Crippen LogP contribution in [0.3, 0.4) is 0 Å². The van der Waals surface area contributed by atoms with Crippen molar-refractivity contribution in [3.05, 3.63) is 41.8 Å². The molecular formula is C11H11ClN4S. The summed E-state index contributed by atoms with van der Waals surface area (Å²) < 4.78 is 3.03. The van der Waals surface area contributed by atoms with Gasteiger partial charge in [-0.25, -0.2) is 9.97 Å². The number of rotatable bonds is 4. The van der Waals surface area contributed by atoms with Gasteiger partial charge in [-0.3, -0.25) is 4.72 Å². The number of hydrogen-bond donors (Lipinski definition) is 2. The minimum atomic E-state index is 0.420. The standard InChI is InChI=1S/C11H11ClN4S/c1-13-17-9-4-2-3-8(5-9)16-11-6-10(12)14-7-15-11/h2-7,13H,1H3,(H,14,15,16). The summed E-state index contributed by atoms with van der Waals surface area (Å²) in [5.74, 6) is 0.677. The third-order valence-electron chi connectivity index (χ3n) is 1.96. The minimum absolute atomic E-state index is 0.420. The Bertz CT molecular complexity index is 506. The Labute approximate surface area is 109 Å². The van der Waals surface area contributed by atoms with Crippen LogP contribution in [0.1, 0.15) is 0 Å². The SMILES string of the molecule is CNSc1cccc(Nc2cc(Cl)ncn2)c1. The van der Waals surface area contributed by atoms with Crippen molar-refractivity contribution in [3.8, 4) is 0 Å². The number of nitrogens with zero attached hydrogens (tertiary/aromatic N) is 2. The molecule has 0 saturated heterocycles. The highest BCUT2D eigenvalue weighted by Crippen LogP contribution is 2.21. The molecule has 2 aromatic rings. The zero-order chi connectivity index (χ0) is 12.1. The van der Waals surface area contributed by atoms with E-state index in [1.165, 1.54) is 6.33 Å². The lowest BCUT2D eigenvalue weighted by atomic mass is 10.3. The molecule has 0 saturated carbocycles. The van der Waals surface area contributed by atoms with Crippen molar-refractivity contribution < 1.29 is 0 Å². The molecule has 6 heteroatoms. The van der Waals surface area contributed by atoms with E-state index in [1.807, 2.05) is 31.3 Å². The Kier molecular flexibility index (Phi) is 4.19. The van der Waals surface area contributed by atoms with Crippen LogP contribution in [0.2, 0.25) is 5.15 Å². The number of benzene rings is 1. The van der Waals surface area contributed by atoms with Gasteiger partial charge in [0, 0.05) is 16.6 Å². The predicted octanol–water partition coefficient (Wildman–Crippen LogP) is 3.10. The van der Waals surface area contributed by atoms with Gasteiger partial charge in [-0.2, -0.15) is 0 Å². The van der Waals surface area contributed by atoms with Crippen LogP contribution in [0.5, 0.6) is 0 Å². The van der Waals surface area contributed by atoms with E-state index >= 15 is 0 Å². The molecule has 2 N–H and O–H groups in total. The first-order chi connectivity index (χ1) is 8.28. The zero-order valence-electron chi connectivity index (χ0n) is 9.14. The van der Waals surface area contributed by atoms with Crippen LogP contribution < -0.4 is 10.0 Å². The summed E-state index contributed by atoms with van der Waals surface area (Å²) in [5.41, 5.74) is 0.958. The molecule has 0 fully saturated rings. The second-order valence-electron chi connectivity index (χ2n) is 3.18. The fourth-order valence-electron chi connectivity index (χ4n) is 1.31. The molecule has 1 heterocycles. The molecule has 88 valence electrons. The summed E-state index contributed by atoms with van der Waals surface area (Å²) in [6.45, 7) is 0. The van der Waals surface area contributed by atoms with Gasteiger partial charge in [0.25, 0.3) is 0 Å². The van der Waals surface area contributed by atoms with Crippen LogP contribution in [0, 0.1) is 0 Å². The molecule has 0 amide bonds. The van der Waals surface area contributed by atoms with E-state index in [9.17, 15) is 0 Å². The second-order valence-corrected chi connectivity index (χ2v) is 4.66. The van der Waals surface area contributed by atoms with E-state index in [1.54, 1.807) is 18.0 Å². The molecule has 1 aromatic carbocycles. The molecule has 0 spiro atoms. The van der Waals surface area contributed by atoms with Crippen molar-refractivity contribution in [2.24, 2.45) is 0 Å². The van der Waals surface area contributed by atoms with Crippen LogP contribution in [-0.2, 0) is 0 Å². The first-order valence-corrected chi connectivity index (χ1v) is 6.15. The Hall–Kier alpha value is -1.30. The summed E-state index contributed by atoms with van der Waals surface area (Å²) >= 11 is 7.34. The summed E-state index contributed by atoms with van der Waals surface area (Å²) in [4.78, 5) is 9.03. The average Bonchev–Trinajstić information content (AvgIpc) is 2.30. The third-order valence-corrected chi connectivity index (χ3v) is 2.86. The molecule has 17 heavy (non-hydrogen) atoms. The lowest BCUT2D eigenvalue weighted by molar-refractivity contribution is 1.17. The highest BCUT2D eigenvalue weighted by molar-refractivity contribution is 7.97. The topological polar surface area (TPSA) is 49.8 Å². The van der Waals surface area contributed by atoms with E-state index in [4.69, 9.17) is 11.6 Å². The largest absolute Gasteiger partial charge is 0.340 e. The first-order valence-electron chi connectivity index (χ1n) is 4.96. The van der Waals surface area contributed by atoms with Gasteiger partial charge in [-0.15, -0.1) is 0 Å². The molecule has 0 bridgehead atoms. The van der Waals surface area contributed by atoms with Crippen molar-refractivity contribution in [2.45, 2.75) is 4.90 Å². The summed E-state index contributed by atoms with van der Waals surface area (Å²) in [7, 11) is 1.88. The van der Waals surface area contributed by atoms with Gasteiger partial charge < -0.3 is 5.32 Å². The Morgan fingerprint density at radius 3 is 2.88 bits per heavy atom. The smallest absolute Gasteiger partial charge is 0.135 e. The maximum Gasteiger partial charge on any atom is 0.135 e. The Balaban J connectivity index is 2.15. The zero-order valence-corrected chi connectivity index (χ0v) is 10.7. The maximum atomic E-state index is 5.79. The van der Waals surface area contributed by atoms with Crippen LogP contribution in [0.4, 0.5) is 11.5 Å². The monoisotopic (exact) mass is 266 g/mol. The normalized spacial score (nSPS) is 10.2. The third kappa shape index (κ3) is 3.59. The van der Waals surface area contributed by atoms with Gasteiger partial charge in [0.1, 0.15) is 17.3 Å². The summed E-state index contributed by atoms with van der Waals surface area (Å²) in [6, 6.07) is 9.68. The molecule has 0 radical (unpaired) electrons. The molecule has 0 unspecified atom stereocenters. The Morgan fingerprint density at radius 1 is 1.24 bits per heavy atom. The van der Waals surface area contributed by atoms with E-state index in [0.717, 1.165) is 10.6 Å². The van der Waals surface area contributed by atoms with Gasteiger partial charge >= 0.3 is 0 Å². The van der Waals surface area contributed by atoms with Crippen molar-refractivity contribution in [1.29, 1.82) is 0 Å². The minimum Gasteiger partial charge on any atom is -0.340 e. The van der Waals surface area contributed by atoms with Gasteiger partial charge in [-0.1, -0.05) is 17.7 Å². The van der Waals surface area contributed by atoms with Crippen LogP contribution in [0.15, 0.2) is 41.6 Å². The van der Waals surface area contributed by atoms with E-state index in [0.29, 0.717) is 11.0 Å². The van der Waals surface area contributed by atoms with Gasteiger partial charge in [0.05, 0.1) is 0 Å². The molecular weight excluding hydrogens is 256 g/mol. The first kappa shape index (κ1) is 12.2. The van der Waals surface area contributed by atoms with Crippen LogP contribution >= 0.6 is 23.5 Å². The maximum absolute atomic E-state index is 5.79. The van der Waals surface area contributed by atoms with Gasteiger partial charge in [-0.05, 0) is 37.2 Å². The lowest BCUT2D eigenvalue weighted by Crippen LogP contribution is -1.95. The predicted molar refractivity (Wildman–Crippen MR) is 71.7 cm³/mol. The second kappa shape index (κ2) is 5.86. The summed E-state index contributed by atoms with van der Waals surface area (Å²) in [6.07, 6.45) is 1.43. The van der Waals surface area contributed by atoms with E-state index in [-0.39, 0.29) is 0 Å². The number of hydrogen-bond acceptors (Lipinski definition) is 5. The number of anilines is 2. The van der Waals surface area contributed by atoms with Crippen molar-refractivity contribution >= 4 is 35.1 Å². The van der Waals surface area contributed by atoms with E-state index < -0.39 is 0 Å². The van der Waals surface area contributed by atoms with Crippen molar-refractivity contribution in [2.75, 3.05) is 12.4 Å². The molecule has 1 aromatic heterocycles. The number of aromatic nitrogens is 2. The highest BCUT2D eigenvalue weighted by Gasteiger charge is 1.99. The lowest BCUT2D eigenvalue weighted by Gasteiger charge is -2.07. The van der Waals surface area contributed by atoms with Crippen LogP contribution in [0.25, 0.3) is 0 Å². The number of nitrogens with one attached hydrogen (secondary N) is 2. The fourth-order valence-corrected chi connectivity index (χ4v) is 2.02. The summed E-state index contributed by atoms with van der Waals surface area (Å²) in [5, 5.41) is 3.59. The Morgan fingerprint density at radius 2 is 2.12 bits per heavy atom. The molecule has 0 atom stereocenters. The molecule has 4 nitrogen and oxygen atoms in total. The average molecular weight is 267 g/mol. The number of halogens is 1. The van der Waals surface area contributed by atoms with Crippen molar-refractivity contribution in [1.82, 2.24) is 14.7 Å². The molecule has 0 aliphatic carbocycles. The van der Waals surface area contributed by atoms with E-state index in [2.05, 4.69) is 20.0 Å². The highest BCUT2D eigenvalue weighted by atomic mass is 35.5.